The third-order valence-electron chi connectivity index (χ3n) is 7.44. The number of hydrogen-bond donors (Lipinski definition) is 3. The fourth-order valence-electron chi connectivity index (χ4n) is 4.84. The highest BCUT2D eigenvalue weighted by molar-refractivity contribution is 5.76. The minimum Gasteiger partial charge on any atom is -0.394 e. The number of allylic oxidation sites excluding steroid dienone is 3. The van der Waals surface area contributed by atoms with Crippen molar-refractivity contribution in [2.75, 3.05) is 6.61 Å². The van der Waals surface area contributed by atoms with Crippen LogP contribution in [-0.2, 0) is 4.79 Å². The summed E-state index contributed by atoms with van der Waals surface area (Å²) >= 11 is 0. The number of amides is 1. The van der Waals surface area contributed by atoms with Crippen LogP contribution in [0, 0.1) is 0 Å². The standard InChI is InChI=1S/C34H65NO3/c1-3-5-7-9-11-13-14-15-16-17-18-19-20-21-22-23-25-27-29-33(37)32(31-36)35-34(38)30-28-26-24-12-10-8-6-4-2/h21-22,27,29,32-33,36-37H,3-20,23-26,28,30-31H2,1-2H3,(H,35,38)/b22-21+,29-27+. The molecule has 3 N–H and O–H groups in total. The van der Waals surface area contributed by atoms with Crippen molar-refractivity contribution < 1.29 is 15.0 Å². The van der Waals surface area contributed by atoms with Gasteiger partial charge in [0.2, 0.25) is 5.91 Å². The number of aliphatic hydroxyl groups is 2. The third-order valence-corrected chi connectivity index (χ3v) is 7.44. The fourth-order valence-corrected chi connectivity index (χ4v) is 4.84. The lowest BCUT2D eigenvalue weighted by Gasteiger charge is -2.19. The molecule has 0 saturated carbocycles. The van der Waals surface area contributed by atoms with Gasteiger partial charge in [-0.05, 0) is 32.1 Å². The molecule has 1 amide bonds. The molecule has 0 fully saturated rings. The topological polar surface area (TPSA) is 69.6 Å². The predicted octanol–water partition coefficient (Wildman–Crippen LogP) is 9.34. The van der Waals surface area contributed by atoms with Crippen molar-refractivity contribution in [1.82, 2.24) is 5.32 Å². The van der Waals surface area contributed by atoms with Gasteiger partial charge in [-0.15, -0.1) is 0 Å². The van der Waals surface area contributed by atoms with E-state index in [9.17, 15) is 15.0 Å². The van der Waals surface area contributed by atoms with Crippen LogP contribution in [0.4, 0.5) is 0 Å². The minimum absolute atomic E-state index is 0.0804. The molecule has 0 aromatic rings. The van der Waals surface area contributed by atoms with E-state index in [1.54, 1.807) is 6.08 Å². The van der Waals surface area contributed by atoms with Gasteiger partial charge in [0.25, 0.3) is 0 Å². The average molecular weight is 536 g/mol. The molecule has 0 aromatic carbocycles. The largest absolute Gasteiger partial charge is 0.394 e. The van der Waals surface area contributed by atoms with Gasteiger partial charge in [0.05, 0.1) is 18.8 Å². The molecule has 0 radical (unpaired) electrons. The van der Waals surface area contributed by atoms with Gasteiger partial charge in [0.15, 0.2) is 0 Å². The predicted molar refractivity (Wildman–Crippen MR) is 165 cm³/mol. The first-order valence-electron chi connectivity index (χ1n) is 16.6. The van der Waals surface area contributed by atoms with Crippen molar-refractivity contribution >= 4 is 5.91 Å². The summed E-state index contributed by atoms with van der Waals surface area (Å²) in [5.74, 6) is -0.0804. The lowest BCUT2D eigenvalue weighted by Crippen LogP contribution is -2.45. The number of unbranched alkanes of at least 4 members (excludes halogenated alkanes) is 20. The molecule has 0 aromatic heterocycles. The van der Waals surface area contributed by atoms with E-state index in [2.05, 4.69) is 31.3 Å². The lowest BCUT2D eigenvalue weighted by atomic mass is 10.0. The Morgan fingerprint density at radius 2 is 1.03 bits per heavy atom. The van der Waals surface area contributed by atoms with Crippen LogP contribution in [0.2, 0.25) is 0 Å². The van der Waals surface area contributed by atoms with Gasteiger partial charge in [-0.25, -0.2) is 0 Å². The summed E-state index contributed by atoms with van der Waals surface area (Å²) < 4.78 is 0. The zero-order valence-electron chi connectivity index (χ0n) is 25.4. The number of aliphatic hydroxyl groups excluding tert-OH is 2. The Kier molecular flexibility index (Phi) is 29.5. The van der Waals surface area contributed by atoms with Crippen molar-refractivity contribution in [1.29, 1.82) is 0 Å². The van der Waals surface area contributed by atoms with Crippen molar-refractivity contribution in [3.8, 4) is 0 Å². The number of carbonyl (C=O) groups is 1. The van der Waals surface area contributed by atoms with Gasteiger partial charge in [-0.2, -0.15) is 0 Å². The summed E-state index contributed by atoms with van der Waals surface area (Å²) in [5.41, 5.74) is 0. The van der Waals surface area contributed by atoms with Gasteiger partial charge < -0.3 is 15.5 Å². The lowest BCUT2D eigenvalue weighted by molar-refractivity contribution is -0.123. The van der Waals surface area contributed by atoms with E-state index in [0.717, 1.165) is 32.1 Å². The SMILES string of the molecule is CCCCCCCCCCCCCC/C=C/CC/C=C/C(O)C(CO)NC(=O)CCCCCCCCCC. The molecule has 224 valence electrons. The van der Waals surface area contributed by atoms with Crippen molar-refractivity contribution in [3.05, 3.63) is 24.3 Å². The molecule has 0 spiro atoms. The average Bonchev–Trinajstić information content (AvgIpc) is 2.92. The number of carbonyl (C=O) groups excluding carboxylic acids is 1. The summed E-state index contributed by atoms with van der Waals surface area (Å²) in [4.78, 5) is 12.2. The van der Waals surface area contributed by atoms with Crippen LogP contribution in [0.1, 0.15) is 168 Å². The maximum atomic E-state index is 12.2. The Bertz CT molecular complexity index is 546. The van der Waals surface area contributed by atoms with Crippen LogP contribution in [0.3, 0.4) is 0 Å². The highest BCUT2D eigenvalue weighted by Crippen LogP contribution is 2.13. The molecule has 0 bridgehead atoms. The Morgan fingerprint density at radius 1 is 0.605 bits per heavy atom. The summed E-state index contributed by atoms with van der Waals surface area (Å²) in [5, 5.41) is 22.7. The molecule has 0 saturated heterocycles. The molecule has 2 atom stereocenters. The molecule has 0 rings (SSSR count). The summed E-state index contributed by atoms with van der Waals surface area (Å²) in [7, 11) is 0. The Hall–Kier alpha value is -1.13. The molecular formula is C34H65NO3. The van der Waals surface area contributed by atoms with E-state index in [4.69, 9.17) is 0 Å². The zero-order chi connectivity index (χ0) is 27.9. The minimum atomic E-state index is -0.854. The normalized spacial score (nSPS) is 13.5. The van der Waals surface area contributed by atoms with Crippen molar-refractivity contribution in [3.63, 3.8) is 0 Å². The Balaban J connectivity index is 3.67. The first-order chi connectivity index (χ1) is 18.7. The van der Waals surface area contributed by atoms with E-state index < -0.39 is 12.1 Å². The van der Waals surface area contributed by atoms with Gasteiger partial charge >= 0.3 is 0 Å². The number of hydrogen-bond acceptors (Lipinski definition) is 3. The molecule has 4 nitrogen and oxygen atoms in total. The highest BCUT2D eigenvalue weighted by atomic mass is 16.3. The summed E-state index contributed by atoms with van der Waals surface area (Å²) in [6.07, 6.45) is 36.9. The Morgan fingerprint density at radius 3 is 1.53 bits per heavy atom. The summed E-state index contributed by atoms with van der Waals surface area (Å²) in [6, 6.07) is -0.630. The number of rotatable bonds is 29. The molecule has 4 heteroatoms. The van der Waals surface area contributed by atoms with Crippen LogP contribution in [0.25, 0.3) is 0 Å². The molecule has 38 heavy (non-hydrogen) atoms. The van der Waals surface area contributed by atoms with Crippen molar-refractivity contribution in [2.24, 2.45) is 0 Å². The fraction of sp³-hybridized carbons (Fsp3) is 0.853. The van der Waals surface area contributed by atoms with E-state index in [1.807, 2.05) is 6.08 Å². The first-order valence-corrected chi connectivity index (χ1v) is 16.6. The van der Waals surface area contributed by atoms with Gasteiger partial charge in [0, 0.05) is 6.42 Å². The number of nitrogens with one attached hydrogen (secondary N) is 1. The highest BCUT2D eigenvalue weighted by Gasteiger charge is 2.17. The molecule has 0 heterocycles. The van der Waals surface area contributed by atoms with Crippen LogP contribution >= 0.6 is 0 Å². The van der Waals surface area contributed by atoms with E-state index in [-0.39, 0.29) is 12.5 Å². The zero-order valence-corrected chi connectivity index (χ0v) is 25.4. The quantitative estimate of drug-likeness (QED) is 0.0660. The van der Waals surface area contributed by atoms with Gasteiger partial charge in [0.1, 0.15) is 0 Å². The van der Waals surface area contributed by atoms with Crippen molar-refractivity contribution in [2.45, 2.75) is 180 Å². The van der Waals surface area contributed by atoms with E-state index >= 15 is 0 Å². The van der Waals surface area contributed by atoms with Gasteiger partial charge in [-0.1, -0.05) is 154 Å². The molecular weight excluding hydrogens is 470 g/mol. The Labute approximate surface area is 237 Å². The van der Waals surface area contributed by atoms with Crippen LogP contribution in [0.5, 0.6) is 0 Å². The van der Waals surface area contributed by atoms with E-state index in [1.165, 1.54) is 116 Å². The van der Waals surface area contributed by atoms with Crippen LogP contribution in [0.15, 0.2) is 24.3 Å². The van der Waals surface area contributed by atoms with Crippen LogP contribution < -0.4 is 5.32 Å². The van der Waals surface area contributed by atoms with E-state index in [0.29, 0.717) is 6.42 Å². The summed E-state index contributed by atoms with van der Waals surface area (Å²) in [6.45, 7) is 4.25. The second-order valence-electron chi connectivity index (χ2n) is 11.2. The second-order valence-corrected chi connectivity index (χ2v) is 11.2. The maximum Gasteiger partial charge on any atom is 0.220 e. The monoisotopic (exact) mass is 535 g/mol. The maximum absolute atomic E-state index is 12.2. The smallest absolute Gasteiger partial charge is 0.220 e. The molecule has 0 aliphatic rings. The van der Waals surface area contributed by atoms with Crippen LogP contribution in [-0.4, -0.2) is 34.9 Å². The molecule has 0 aliphatic carbocycles. The first kappa shape index (κ1) is 36.9. The molecule has 0 aliphatic heterocycles. The third kappa shape index (κ3) is 26.5. The molecule has 2 unspecified atom stereocenters. The van der Waals surface area contributed by atoms with Gasteiger partial charge in [-0.3, -0.25) is 4.79 Å². The second kappa shape index (κ2) is 30.4.